The van der Waals surface area contributed by atoms with E-state index in [1.54, 1.807) is 0 Å². The number of amides is 1. The first kappa shape index (κ1) is 15.8. The number of nitrogens with zero attached hydrogens (tertiary/aromatic N) is 2. The summed E-state index contributed by atoms with van der Waals surface area (Å²) in [6.45, 7) is 2.95. The Labute approximate surface area is 146 Å². The normalized spacial score (nSPS) is 21.4. The summed E-state index contributed by atoms with van der Waals surface area (Å²) in [5.74, 6) is -0.124. The molecule has 0 saturated carbocycles. The van der Waals surface area contributed by atoms with E-state index in [4.69, 9.17) is 0 Å². The molecule has 2 aromatic carbocycles. The number of fused-ring (bicyclic) bond motifs is 1. The average molecular weight is 337 g/mol. The minimum Gasteiger partial charge on any atom is -0.321 e. The molecule has 1 saturated heterocycles. The highest BCUT2D eigenvalue weighted by molar-refractivity contribution is 6.32. The molecule has 1 fully saturated rings. The number of halogens is 1. The van der Waals surface area contributed by atoms with Crippen molar-refractivity contribution in [3.05, 3.63) is 65.9 Å². The molecule has 4 nitrogen and oxygen atoms in total. The fourth-order valence-corrected chi connectivity index (χ4v) is 3.47. The van der Waals surface area contributed by atoms with Gasteiger partial charge in [0.25, 0.3) is 5.91 Å². The van der Waals surface area contributed by atoms with Crippen molar-refractivity contribution >= 4 is 22.9 Å². The molecule has 2 aliphatic rings. The predicted molar refractivity (Wildman–Crippen MR) is 97.8 cm³/mol. The van der Waals surface area contributed by atoms with E-state index in [0.29, 0.717) is 25.1 Å². The Bertz CT molecular complexity index is 834. The van der Waals surface area contributed by atoms with Crippen LogP contribution in [0.15, 0.2) is 54.7 Å². The van der Waals surface area contributed by atoms with Crippen molar-refractivity contribution in [1.82, 2.24) is 5.01 Å². The molecule has 0 aliphatic carbocycles. The maximum Gasteiger partial charge on any atom is 0.257 e. The summed E-state index contributed by atoms with van der Waals surface area (Å²) in [7, 11) is 0. The fourth-order valence-electron chi connectivity index (χ4n) is 3.47. The lowest BCUT2D eigenvalue weighted by molar-refractivity contribution is -0.110. The summed E-state index contributed by atoms with van der Waals surface area (Å²) in [4.78, 5) is 12.5. The lowest BCUT2D eigenvalue weighted by Crippen LogP contribution is -2.38. The third kappa shape index (κ3) is 2.91. The summed E-state index contributed by atoms with van der Waals surface area (Å²) in [6.07, 6.45) is 1.51. The average Bonchev–Trinajstić information content (AvgIpc) is 3.17. The number of nitrogens with one attached hydrogen (secondary N) is 1. The van der Waals surface area contributed by atoms with Gasteiger partial charge in [-0.25, -0.2) is 9.40 Å². The van der Waals surface area contributed by atoms with Crippen LogP contribution in [-0.4, -0.2) is 30.2 Å². The van der Waals surface area contributed by atoms with E-state index in [0.717, 1.165) is 22.5 Å². The van der Waals surface area contributed by atoms with Gasteiger partial charge in [0.2, 0.25) is 0 Å². The molecule has 25 heavy (non-hydrogen) atoms. The number of aryl methyl sites for hydroxylation is 1. The second-order valence-corrected chi connectivity index (χ2v) is 6.47. The monoisotopic (exact) mass is 337 g/mol. The summed E-state index contributed by atoms with van der Waals surface area (Å²) in [6, 6.07) is 15.6. The van der Waals surface area contributed by atoms with Gasteiger partial charge in [-0.2, -0.15) is 0 Å². The molecule has 0 aromatic heterocycles. The van der Waals surface area contributed by atoms with Crippen LogP contribution in [-0.2, 0) is 4.79 Å². The molecule has 5 heteroatoms. The molecular weight excluding hydrogens is 317 g/mol. The van der Waals surface area contributed by atoms with Crippen LogP contribution in [0.3, 0.4) is 0 Å². The van der Waals surface area contributed by atoms with Gasteiger partial charge in [0.1, 0.15) is 6.17 Å². The largest absolute Gasteiger partial charge is 0.321 e. The second-order valence-electron chi connectivity index (χ2n) is 6.47. The van der Waals surface area contributed by atoms with E-state index in [-0.39, 0.29) is 5.91 Å². The van der Waals surface area contributed by atoms with E-state index in [1.165, 1.54) is 0 Å². The van der Waals surface area contributed by atoms with E-state index in [2.05, 4.69) is 5.32 Å². The van der Waals surface area contributed by atoms with Crippen molar-refractivity contribution in [3.63, 3.8) is 0 Å². The van der Waals surface area contributed by atoms with Gasteiger partial charge in [0.05, 0.1) is 11.3 Å². The SMILES string of the molecule is Cc1cccc2c1C(=CN(c1ccccc1)N1CCC(F)C1)C(=O)N2. The van der Waals surface area contributed by atoms with E-state index in [9.17, 15) is 9.18 Å². The molecule has 0 spiro atoms. The first-order valence-electron chi connectivity index (χ1n) is 8.50. The topological polar surface area (TPSA) is 35.6 Å². The quantitative estimate of drug-likeness (QED) is 0.867. The van der Waals surface area contributed by atoms with Gasteiger partial charge >= 0.3 is 0 Å². The Kier molecular flexibility index (Phi) is 4.01. The highest BCUT2D eigenvalue weighted by Gasteiger charge is 2.30. The molecule has 2 heterocycles. The van der Waals surface area contributed by atoms with Crippen molar-refractivity contribution in [2.24, 2.45) is 0 Å². The number of para-hydroxylation sites is 1. The van der Waals surface area contributed by atoms with Crippen molar-refractivity contribution in [2.45, 2.75) is 19.5 Å². The Morgan fingerprint density at radius 1 is 1.20 bits per heavy atom. The molecule has 1 atom stereocenters. The maximum atomic E-state index is 13.8. The van der Waals surface area contributed by atoms with Crippen molar-refractivity contribution in [1.29, 1.82) is 0 Å². The molecule has 2 aromatic rings. The first-order valence-corrected chi connectivity index (χ1v) is 8.50. The number of hydrogen-bond acceptors (Lipinski definition) is 3. The molecule has 0 radical (unpaired) electrons. The Morgan fingerprint density at radius 2 is 2.00 bits per heavy atom. The standard InChI is InChI=1S/C20H20FN3O/c1-14-6-5-9-18-19(14)17(20(25)22-18)13-24(16-7-3-2-4-8-16)23-11-10-15(21)12-23/h2-9,13,15H,10-12H2,1H3,(H,22,25). The zero-order valence-electron chi connectivity index (χ0n) is 14.1. The Hall–Kier alpha value is -2.66. The van der Waals surface area contributed by atoms with E-state index < -0.39 is 6.17 Å². The van der Waals surface area contributed by atoms with Crippen LogP contribution in [0, 0.1) is 6.92 Å². The number of alkyl halides is 1. The predicted octanol–water partition coefficient (Wildman–Crippen LogP) is 3.75. The number of carbonyl (C=O) groups is 1. The van der Waals surface area contributed by atoms with Gasteiger partial charge in [-0.1, -0.05) is 30.3 Å². The van der Waals surface area contributed by atoms with Gasteiger partial charge in [-0.15, -0.1) is 0 Å². The maximum absolute atomic E-state index is 13.8. The van der Waals surface area contributed by atoms with Gasteiger partial charge in [-0.3, -0.25) is 9.80 Å². The molecule has 1 N–H and O–H groups in total. The lowest BCUT2D eigenvalue weighted by atomic mass is 10.0. The lowest BCUT2D eigenvalue weighted by Gasteiger charge is -2.31. The highest BCUT2D eigenvalue weighted by Crippen LogP contribution is 2.35. The van der Waals surface area contributed by atoms with Crippen LogP contribution in [0.5, 0.6) is 0 Å². The number of hydrazine groups is 1. The number of rotatable bonds is 3. The Morgan fingerprint density at radius 3 is 2.72 bits per heavy atom. The number of carbonyl (C=O) groups excluding carboxylic acids is 1. The van der Waals surface area contributed by atoms with Crippen molar-refractivity contribution < 1.29 is 9.18 Å². The highest BCUT2D eigenvalue weighted by atomic mass is 19.1. The molecule has 0 bridgehead atoms. The van der Waals surface area contributed by atoms with Gasteiger partial charge < -0.3 is 5.32 Å². The van der Waals surface area contributed by atoms with Gasteiger partial charge in [-0.05, 0) is 37.1 Å². The molecule has 4 rings (SSSR count). The summed E-state index contributed by atoms with van der Waals surface area (Å²) in [5.41, 5.74) is 4.32. The smallest absolute Gasteiger partial charge is 0.257 e. The van der Waals surface area contributed by atoms with Crippen LogP contribution in [0.1, 0.15) is 17.5 Å². The molecule has 128 valence electrons. The van der Waals surface area contributed by atoms with Crippen LogP contribution in [0.4, 0.5) is 15.8 Å². The summed E-state index contributed by atoms with van der Waals surface area (Å²) < 4.78 is 13.8. The number of anilines is 2. The zero-order valence-corrected chi connectivity index (χ0v) is 14.1. The van der Waals surface area contributed by atoms with Gasteiger partial charge in [0, 0.05) is 30.5 Å². The first-order chi connectivity index (χ1) is 12.1. The van der Waals surface area contributed by atoms with E-state index in [1.807, 2.05) is 71.7 Å². The molecule has 1 unspecified atom stereocenters. The van der Waals surface area contributed by atoms with Crippen LogP contribution in [0.2, 0.25) is 0 Å². The van der Waals surface area contributed by atoms with E-state index >= 15 is 0 Å². The minimum absolute atomic E-state index is 0.124. The zero-order chi connectivity index (χ0) is 17.4. The van der Waals surface area contributed by atoms with Gasteiger partial charge in [0.15, 0.2) is 0 Å². The summed E-state index contributed by atoms with van der Waals surface area (Å²) >= 11 is 0. The Balaban J connectivity index is 1.79. The van der Waals surface area contributed by atoms with Crippen molar-refractivity contribution in [2.75, 3.05) is 23.4 Å². The molecule has 2 aliphatic heterocycles. The van der Waals surface area contributed by atoms with Crippen LogP contribution < -0.4 is 10.3 Å². The molecule has 1 amide bonds. The minimum atomic E-state index is -0.837. The number of benzene rings is 2. The van der Waals surface area contributed by atoms with Crippen molar-refractivity contribution in [3.8, 4) is 0 Å². The van der Waals surface area contributed by atoms with Crippen LogP contribution in [0.25, 0.3) is 5.57 Å². The van der Waals surface area contributed by atoms with Crippen LogP contribution >= 0.6 is 0 Å². The number of hydrogen-bond donors (Lipinski definition) is 1. The third-order valence-corrected chi connectivity index (χ3v) is 4.72. The fraction of sp³-hybridized carbons (Fsp3) is 0.250. The second kappa shape index (κ2) is 6.33. The molecular formula is C20H20FN3O. The third-order valence-electron chi connectivity index (χ3n) is 4.72. The summed E-state index contributed by atoms with van der Waals surface area (Å²) in [5, 5.41) is 6.79.